The van der Waals surface area contributed by atoms with Crippen molar-refractivity contribution in [1.82, 2.24) is 5.32 Å². The highest BCUT2D eigenvalue weighted by Crippen LogP contribution is 2.07. The molecule has 2 aromatic carbocycles. The summed E-state index contributed by atoms with van der Waals surface area (Å²) in [5.74, 6) is 0. The lowest BCUT2D eigenvalue weighted by molar-refractivity contribution is 0.140. The van der Waals surface area contributed by atoms with E-state index in [-0.39, 0.29) is 6.09 Å². The van der Waals surface area contributed by atoms with Crippen LogP contribution in [0.1, 0.15) is 16.7 Å². The van der Waals surface area contributed by atoms with Gasteiger partial charge in [-0.15, -0.1) is 0 Å². The van der Waals surface area contributed by atoms with Crippen LogP contribution in [-0.2, 0) is 17.8 Å². The minimum atomic E-state index is -0.373. The van der Waals surface area contributed by atoms with E-state index in [1.54, 1.807) is 0 Å². The maximum atomic E-state index is 11.6. The Hall–Kier alpha value is -2.29. The Labute approximate surface area is 119 Å². The zero-order valence-electron chi connectivity index (χ0n) is 11.6. The fourth-order valence-corrected chi connectivity index (χ4v) is 1.96. The predicted molar refractivity (Wildman–Crippen MR) is 79.5 cm³/mol. The average molecular weight is 269 g/mol. The van der Waals surface area contributed by atoms with Crippen LogP contribution in [0.2, 0.25) is 0 Å². The van der Waals surface area contributed by atoms with Crippen molar-refractivity contribution < 1.29 is 9.53 Å². The van der Waals surface area contributed by atoms with Gasteiger partial charge in [0.1, 0.15) is 6.61 Å². The van der Waals surface area contributed by atoms with Gasteiger partial charge in [0, 0.05) is 6.54 Å². The van der Waals surface area contributed by atoms with Crippen LogP contribution in [0, 0.1) is 6.92 Å². The van der Waals surface area contributed by atoms with Gasteiger partial charge in [0.05, 0.1) is 0 Å². The van der Waals surface area contributed by atoms with Gasteiger partial charge in [-0.3, -0.25) is 0 Å². The standard InChI is InChI=1S/C17H19NO2/c1-14-7-5-6-10-16(14)11-12-18-17(19)20-13-15-8-3-2-4-9-15/h2-10H,11-13H2,1H3,(H,18,19). The highest BCUT2D eigenvalue weighted by atomic mass is 16.5. The summed E-state index contributed by atoms with van der Waals surface area (Å²) in [5, 5.41) is 2.77. The van der Waals surface area contributed by atoms with E-state index in [0.717, 1.165) is 12.0 Å². The third-order valence-electron chi connectivity index (χ3n) is 3.14. The third kappa shape index (κ3) is 4.43. The van der Waals surface area contributed by atoms with E-state index in [2.05, 4.69) is 24.4 Å². The molecular formula is C17H19NO2. The lowest BCUT2D eigenvalue weighted by Crippen LogP contribution is -2.26. The molecule has 20 heavy (non-hydrogen) atoms. The molecule has 0 heterocycles. The van der Waals surface area contributed by atoms with E-state index < -0.39 is 0 Å². The first-order valence-corrected chi connectivity index (χ1v) is 6.75. The summed E-state index contributed by atoms with van der Waals surface area (Å²) in [5.41, 5.74) is 3.48. The lowest BCUT2D eigenvalue weighted by Gasteiger charge is -2.08. The first-order chi connectivity index (χ1) is 9.75. The number of ether oxygens (including phenoxy) is 1. The Morgan fingerprint density at radius 3 is 2.50 bits per heavy atom. The van der Waals surface area contributed by atoms with Crippen LogP contribution in [0.4, 0.5) is 4.79 Å². The molecule has 0 unspecified atom stereocenters. The zero-order chi connectivity index (χ0) is 14.2. The van der Waals surface area contributed by atoms with E-state index in [9.17, 15) is 4.79 Å². The molecule has 0 atom stereocenters. The molecule has 0 spiro atoms. The molecular weight excluding hydrogens is 250 g/mol. The number of alkyl carbamates (subject to hydrolysis) is 1. The van der Waals surface area contributed by atoms with Crippen molar-refractivity contribution in [3.63, 3.8) is 0 Å². The number of nitrogens with one attached hydrogen (secondary N) is 1. The molecule has 0 aliphatic rings. The Morgan fingerprint density at radius 1 is 1.05 bits per heavy atom. The van der Waals surface area contributed by atoms with Crippen molar-refractivity contribution >= 4 is 6.09 Å². The monoisotopic (exact) mass is 269 g/mol. The van der Waals surface area contributed by atoms with E-state index in [1.165, 1.54) is 11.1 Å². The van der Waals surface area contributed by atoms with Crippen molar-refractivity contribution in [3.05, 3.63) is 71.3 Å². The van der Waals surface area contributed by atoms with Crippen LogP contribution in [0.3, 0.4) is 0 Å². The van der Waals surface area contributed by atoms with Gasteiger partial charge in [0.2, 0.25) is 0 Å². The van der Waals surface area contributed by atoms with Crippen molar-refractivity contribution in [3.8, 4) is 0 Å². The molecule has 1 N–H and O–H groups in total. The molecule has 0 aromatic heterocycles. The third-order valence-corrected chi connectivity index (χ3v) is 3.14. The number of benzene rings is 2. The summed E-state index contributed by atoms with van der Waals surface area (Å²) in [6.45, 7) is 2.96. The molecule has 1 amide bonds. The Bertz CT molecular complexity index is 552. The smallest absolute Gasteiger partial charge is 0.407 e. The first-order valence-electron chi connectivity index (χ1n) is 6.75. The fraction of sp³-hybridized carbons (Fsp3) is 0.235. The summed E-state index contributed by atoms with van der Waals surface area (Å²) in [6, 6.07) is 17.8. The normalized spacial score (nSPS) is 10.1. The van der Waals surface area contributed by atoms with Gasteiger partial charge in [0.15, 0.2) is 0 Å². The van der Waals surface area contributed by atoms with Gasteiger partial charge >= 0.3 is 6.09 Å². The van der Waals surface area contributed by atoms with Gasteiger partial charge in [-0.1, -0.05) is 54.6 Å². The molecule has 0 saturated heterocycles. The van der Waals surface area contributed by atoms with Crippen LogP contribution in [0.25, 0.3) is 0 Å². The van der Waals surface area contributed by atoms with Gasteiger partial charge in [-0.25, -0.2) is 4.79 Å². The summed E-state index contributed by atoms with van der Waals surface area (Å²) in [7, 11) is 0. The highest BCUT2D eigenvalue weighted by molar-refractivity contribution is 5.67. The van der Waals surface area contributed by atoms with E-state index in [1.807, 2.05) is 42.5 Å². The molecule has 0 radical (unpaired) electrons. The van der Waals surface area contributed by atoms with Crippen molar-refractivity contribution in [1.29, 1.82) is 0 Å². The van der Waals surface area contributed by atoms with Crippen molar-refractivity contribution in [2.45, 2.75) is 20.0 Å². The second-order valence-electron chi connectivity index (χ2n) is 4.66. The molecule has 0 aliphatic heterocycles. The number of amides is 1. The number of hydrogen-bond acceptors (Lipinski definition) is 2. The SMILES string of the molecule is Cc1ccccc1CCNC(=O)OCc1ccccc1. The van der Waals surface area contributed by atoms with Crippen LogP contribution in [0.15, 0.2) is 54.6 Å². The molecule has 3 nitrogen and oxygen atoms in total. The quantitative estimate of drug-likeness (QED) is 0.902. The summed E-state index contributed by atoms with van der Waals surface area (Å²) < 4.78 is 5.15. The van der Waals surface area contributed by atoms with E-state index in [4.69, 9.17) is 4.74 Å². The fourth-order valence-electron chi connectivity index (χ4n) is 1.96. The van der Waals surface area contributed by atoms with Gasteiger partial charge in [0.25, 0.3) is 0 Å². The Balaban J connectivity index is 1.69. The minimum Gasteiger partial charge on any atom is -0.445 e. The van der Waals surface area contributed by atoms with Crippen molar-refractivity contribution in [2.75, 3.05) is 6.54 Å². The average Bonchev–Trinajstić information content (AvgIpc) is 2.48. The molecule has 0 saturated carbocycles. The summed E-state index contributed by atoms with van der Waals surface area (Å²) in [4.78, 5) is 11.6. The van der Waals surface area contributed by atoms with Crippen molar-refractivity contribution in [2.24, 2.45) is 0 Å². The Morgan fingerprint density at radius 2 is 1.75 bits per heavy atom. The van der Waals surface area contributed by atoms with Gasteiger partial charge < -0.3 is 10.1 Å². The molecule has 2 rings (SSSR count). The summed E-state index contributed by atoms with van der Waals surface area (Å²) >= 11 is 0. The topological polar surface area (TPSA) is 38.3 Å². The van der Waals surface area contributed by atoms with Gasteiger partial charge in [-0.2, -0.15) is 0 Å². The molecule has 0 fully saturated rings. The van der Waals surface area contributed by atoms with Crippen LogP contribution in [-0.4, -0.2) is 12.6 Å². The number of hydrogen-bond donors (Lipinski definition) is 1. The number of aryl methyl sites for hydroxylation is 1. The molecule has 3 heteroatoms. The minimum absolute atomic E-state index is 0.303. The molecule has 2 aromatic rings. The molecule has 104 valence electrons. The predicted octanol–water partition coefficient (Wildman–Crippen LogP) is 3.46. The van der Waals surface area contributed by atoms with Crippen LogP contribution >= 0.6 is 0 Å². The second kappa shape index (κ2) is 7.34. The summed E-state index contributed by atoms with van der Waals surface area (Å²) in [6.07, 6.45) is 0.440. The molecule has 0 aliphatic carbocycles. The maximum Gasteiger partial charge on any atom is 0.407 e. The number of rotatable bonds is 5. The number of carbonyl (C=O) groups excluding carboxylic acids is 1. The maximum absolute atomic E-state index is 11.6. The lowest BCUT2D eigenvalue weighted by atomic mass is 10.1. The molecule has 0 bridgehead atoms. The highest BCUT2D eigenvalue weighted by Gasteiger charge is 2.03. The van der Waals surface area contributed by atoms with Crippen LogP contribution in [0.5, 0.6) is 0 Å². The second-order valence-corrected chi connectivity index (χ2v) is 4.66. The van der Waals surface area contributed by atoms with E-state index >= 15 is 0 Å². The van der Waals surface area contributed by atoms with Gasteiger partial charge in [-0.05, 0) is 30.0 Å². The first kappa shape index (κ1) is 14.1. The zero-order valence-corrected chi connectivity index (χ0v) is 11.6. The van der Waals surface area contributed by atoms with E-state index in [0.29, 0.717) is 13.2 Å². The van der Waals surface area contributed by atoms with Crippen LogP contribution < -0.4 is 5.32 Å². The Kier molecular flexibility index (Phi) is 5.18. The number of carbonyl (C=O) groups is 1. The largest absolute Gasteiger partial charge is 0.445 e.